The fourth-order valence-electron chi connectivity index (χ4n) is 3.13. The number of hydrogen-bond acceptors (Lipinski definition) is 14. The van der Waals surface area contributed by atoms with Crippen molar-refractivity contribution in [2.45, 2.75) is 13.8 Å². The second kappa shape index (κ2) is 19.3. The zero-order valence-corrected chi connectivity index (χ0v) is 25.0. The maximum absolute atomic E-state index is 10.9. The van der Waals surface area contributed by atoms with E-state index in [0.29, 0.717) is 22.9 Å². The Morgan fingerprint density at radius 3 is 1.59 bits per heavy atom. The molecular formula is C30H34N4O12. The molecule has 0 aliphatic rings. The van der Waals surface area contributed by atoms with Gasteiger partial charge in [-0.05, 0) is 48.5 Å². The molecule has 46 heavy (non-hydrogen) atoms. The van der Waals surface area contributed by atoms with Crippen LogP contribution in [0.5, 0.6) is 23.0 Å². The molecule has 0 unspecified atom stereocenters. The normalized spacial score (nSPS) is 10.2. The average Bonchev–Trinajstić information content (AvgIpc) is 3.00. The molecule has 16 heteroatoms. The van der Waals surface area contributed by atoms with Crippen LogP contribution in [0.3, 0.4) is 0 Å². The maximum atomic E-state index is 10.9. The van der Waals surface area contributed by atoms with Crippen LogP contribution in [0.1, 0.15) is 13.8 Å². The zero-order chi connectivity index (χ0) is 33.9. The Balaban J connectivity index is 0.000000512. The molecule has 246 valence electrons. The monoisotopic (exact) mass is 642 g/mol. The van der Waals surface area contributed by atoms with Crippen LogP contribution in [-0.4, -0.2) is 73.7 Å². The first-order valence-corrected chi connectivity index (χ1v) is 13.4. The van der Waals surface area contributed by atoms with Crippen LogP contribution in [0, 0.1) is 0 Å². The number of aliphatic carboxylic acids is 2. The van der Waals surface area contributed by atoms with Gasteiger partial charge in [0.15, 0.2) is 13.2 Å². The molecule has 3 aromatic carbocycles. The second-order valence-corrected chi connectivity index (χ2v) is 8.86. The summed E-state index contributed by atoms with van der Waals surface area (Å²) in [6, 6.07) is 15.8. The largest absolute Gasteiger partial charge is 0.488 e. The van der Waals surface area contributed by atoms with Gasteiger partial charge < -0.3 is 50.1 Å². The number of nitrogens with zero attached hydrogens (tertiary/aromatic N) is 2. The fourth-order valence-corrected chi connectivity index (χ4v) is 3.13. The Hall–Kier alpha value is -6.06. The van der Waals surface area contributed by atoms with Crippen molar-refractivity contribution in [2.75, 3.05) is 51.1 Å². The average molecular weight is 643 g/mol. The number of benzene rings is 3. The number of anilines is 2. The standard InChI is InChI=1S/C22H25N3O9.C8H9NO3/c1-14(26)30-7-9-32-20-12-19(21(11-18(20)23)33-10-8-31-15(2)27)25-24-16-3-5-17(6-4-16)34-13-22(28)29;9-6-1-3-7(4-2-6)12-5-8(10)11/h3-6,11-12H,7-10,13,23H2,1-2H3,(H,28,29);1-4H,5,9H2,(H,10,11)/b25-24+;. The highest BCUT2D eigenvalue weighted by Gasteiger charge is 2.12. The summed E-state index contributed by atoms with van der Waals surface area (Å²) in [5.74, 6) is -1.50. The zero-order valence-electron chi connectivity index (χ0n) is 25.0. The third-order valence-corrected chi connectivity index (χ3v) is 5.10. The Bertz CT molecular complexity index is 1480. The van der Waals surface area contributed by atoms with Crippen LogP contribution in [0.4, 0.5) is 22.7 Å². The third-order valence-electron chi connectivity index (χ3n) is 5.10. The number of carbonyl (C=O) groups is 4. The molecule has 0 saturated carbocycles. The lowest BCUT2D eigenvalue weighted by Crippen LogP contribution is -2.11. The molecule has 3 rings (SSSR count). The molecule has 6 N–H and O–H groups in total. The van der Waals surface area contributed by atoms with Gasteiger partial charge in [-0.15, -0.1) is 5.11 Å². The van der Waals surface area contributed by atoms with Gasteiger partial charge in [0.2, 0.25) is 0 Å². The van der Waals surface area contributed by atoms with E-state index in [2.05, 4.69) is 10.2 Å². The number of carboxylic acids is 2. The first-order valence-electron chi connectivity index (χ1n) is 13.4. The molecule has 0 amide bonds. The molecule has 3 aromatic rings. The van der Waals surface area contributed by atoms with E-state index in [-0.39, 0.29) is 55.9 Å². The first kappa shape index (κ1) is 36.1. The van der Waals surface area contributed by atoms with Gasteiger partial charge in [-0.1, -0.05) is 0 Å². The molecule has 0 atom stereocenters. The SMILES string of the molecule is CC(=O)OCCOc1cc(/N=N/c2ccc(OCC(=O)O)cc2)c(OCCOC(C)=O)cc1N.Nc1ccc(OCC(=O)O)cc1. The number of ether oxygens (including phenoxy) is 6. The number of esters is 2. The summed E-state index contributed by atoms with van der Waals surface area (Å²) in [5, 5.41) is 25.3. The summed E-state index contributed by atoms with van der Waals surface area (Å²) in [6.45, 7) is 2.00. The number of azo groups is 1. The van der Waals surface area contributed by atoms with Crippen LogP contribution in [0.15, 0.2) is 70.9 Å². The molecule has 0 aliphatic heterocycles. The van der Waals surface area contributed by atoms with E-state index in [1.54, 1.807) is 48.5 Å². The maximum Gasteiger partial charge on any atom is 0.341 e. The molecule has 0 aromatic heterocycles. The van der Waals surface area contributed by atoms with Crippen LogP contribution in [0.25, 0.3) is 0 Å². The third kappa shape index (κ3) is 14.9. The van der Waals surface area contributed by atoms with Crippen molar-refractivity contribution in [2.24, 2.45) is 10.2 Å². The van der Waals surface area contributed by atoms with E-state index in [0.717, 1.165) is 0 Å². The van der Waals surface area contributed by atoms with Crippen molar-refractivity contribution < 1.29 is 57.8 Å². The molecule has 0 spiro atoms. The summed E-state index contributed by atoms with van der Waals surface area (Å²) in [6.07, 6.45) is 0. The molecule has 0 bridgehead atoms. The van der Waals surface area contributed by atoms with Gasteiger partial charge in [0.25, 0.3) is 0 Å². The topological polar surface area (TPSA) is 241 Å². The van der Waals surface area contributed by atoms with Crippen LogP contribution in [0.2, 0.25) is 0 Å². The predicted octanol–water partition coefficient (Wildman–Crippen LogP) is 3.76. The van der Waals surface area contributed by atoms with Crippen LogP contribution >= 0.6 is 0 Å². The van der Waals surface area contributed by atoms with Crippen LogP contribution < -0.4 is 30.4 Å². The number of nitrogens with two attached hydrogens (primary N) is 2. The Morgan fingerprint density at radius 2 is 1.11 bits per heavy atom. The summed E-state index contributed by atoms with van der Waals surface area (Å²) in [4.78, 5) is 42.5. The van der Waals surface area contributed by atoms with Gasteiger partial charge in [-0.3, -0.25) is 9.59 Å². The highest BCUT2D eigenvalue weighted by molar-refractivity contribution is 5.69. The lowest BCUT2D eigenvalue weighted by atomic mass is 10.2. The minimum atomic E-state index is -1.08. The Kier molecular flexibility index (Phi) is 15.1. The Morgan fingerprint density at radius 1 is 0.630 bits per heavy atom. The van der Waals surface area contributed by atoms with E-state index >= 15 is 0 Å². The van der Waals surface area contributed by atoms with Crippen molar-refractivity contribution in [3.8, 4) is 23.0 Å². The van der Waals surface area contributed by atoms with Gasteiger partial charge >= 0.3 is 23.9 Å². The van der Waals surface area contributed by atoms with E-state index < -0.39 is 30.5 Å². The molecular weight excluding hydrogens is 608 g/mol. The minimum absolute atomic E-state index is 0.0320. The second-order valence-electron chi connectivity index (χ2n) is 8.86. The Labute approximate surface area is 263 Å². The van der Waals surface area contributed by atoms with Gasteiger partial charge in [-0.25, -0.2) is 9.59 Å². The predicted molar refractivity (Wildman–Crippen MR) is 163 cm³/mol. The van der Waals surface area contributed by atoms with Gasteiger partial charge in [0, 0.05) is 31.7 Å². The first-order chi connectivity index (χ1) is 21.9. The molecule has 16 nitrogen and oxygen atoms in total. The minimum Gasteiger partial charge on any atom is -0.488 e. The number of carbonyl (C=O) groups excluding carboxylic acids is 2. The van der Waals surface area contributed by atoms with E-state index in [1.165, 1.54) is 26.0 Å². The molecule has 0 fully saturated rings. The molecule has 0 radical (unpaired) electrons. The van der Waals surface area contributed by atoms with Gasteiger partial charge in [0.1, 0.15) is 55.1 Å². The molecule has 0 aliphatic carbocycles. The summed E-state index contributed by atoms with van der Waals surface area (Å²) in [7, 11) is 0. The van der Waals surface area contributed by atoms with Crippen LogP contribution in [-0.2, 0) is 28.7 Å². The van der Waals surface area contributed by atoms with Crippen molar-refractivity contribution in [1.82, 2.24) is 0 Å². The quantitative estimate of drug-likeness (QED) is 0.0753. The number of carboxylic acid groups (broad SMARTS) is 2. The molecule has 0 heterocycles. The summed E-state index contributed by atoms with van der Waals surface area (Å²) < 4.78 is 30.8. The van der Waals surface area contributed by atoms with Gasteiger partial charge in [-0.2, -0.15) is 5.11 Å². The van der Waals surface area contributed by atoms with Crippen molar-refractivity contribution in [3.05, 3.63) is 60.7 Å². The van der Waals surface area contributed by atoms with E-state index in [1.807, 2.05) is 0 Å². The number of rotatable bonds is 16. The highest BCUT2D eigenvalue weighted by atomic mass is 16.6. The van der Waals surface area contributed by atoms with Crippen molar-refractivity contribution in [1.29, 1.82) is 0 Å². The lowest BCUT2D eigenvalue weighted by Gasteiger charge is -2.13. The van der Waals surface area contributed by atoms with Gasteiger partial charge in [0.05, 0.1) is 11.4 Å². The van der Waals surface area contributed by atoms with E-state index in [4.69, 9.17) is 50.1 Å². The number of hydrogen-bond donors (Lipinski definition) is 4. The van der Waals surface area contributed by atoms with E-state index in [9.17, 15) is 19.2 Å². The lowest BCUT2D eigenvalue weighted by molar-refractivity contribution is -0.142. The van der Waals surface area contributed by atoms with Crippen molar-refractivity contribution >= 4 is 46.6 Å². The smallest absolute Gasteiger partial charge is 0.341 e. The summed E-state index contributed by atoms with van der Waals surface area (Å²) in [5.41, 5.74) is 13.1. The highest BCUT2D eigenvalue weighted by Crippen LogP contribution is 2.38. The fraction of sp³-hybridized carbons (Fsp3) is 0.267. The summed E-state index contributed by atoms with van der Waals surface area (Å²) >= 11 is 0. The number of nitrogen functional groups attached to an aromatic ring is 2. The molecule has 0 saturated heterocycles. The van der Waals surface area contributed by atoms with Crippen molar-refractivity contribution in [3.63, 3.8) is 0 Å².